The molecule has 10 heteroatoms. The van der Waals surface area contributed by atoms with Gasteiger partial charge in [0.15, 0.2) is 11.2 Å². The van der Waals surface area contributed by atoms with Crippen LogP contribution in [0.15, 0.2) is 24.7 Å². The van der Waals surface area contributed by atoms with E-state index in [4.69, 9.17) is 10.5 Å². The SMILES string of the molecule is Cc1ccnc(Oc2nn(C3(C(F)(F)F)CCC3)c3ncnc(N)c23)c1. The van der Waals surface area contributed by atoms with Crippen molar-refractivity contribution >= 4 is 16.9 Å². The standard InChI is InChI=1S/C16H15F3N6O/c1-9-3-6-21-10(7-9)26-14-11-12(20)22-8-23-13(11)25(24-14)15(4-2-5-15)16(17,18)19/h3,6-8H,2,4-5H2,1H3,(H2,20,22,23). The number of hydrogen-bond acceptors (Lipinski definition) is 6. The van der Waals surface area contributed by atoms with Crippen molar-refractivity contribution in [1.29, 1.82) is 0 Å². The van der Waals surface area contributed by atoms with Crippen LogP contribution in [0.4, 0.5) is 19.0 Å². The van der Waals surface area contributed by atoms with Crippen molar-refractivity contribution in [2.75, 3.05) is 5.73 Å². The van der Waals surface area contributed by atoms with Gasteiger partial charge in [-0.3, -0.25) is 0 Å². The van der Waals surface area contributed by atoms with Gasteiger partial charge in [-0.1, -0.05) is 0 Å². The summed E-state index contributed by atoms with van der Waals surface area (Å²) in [5.41, 5.74) is 4.66. The molecule has 0 radical (unpaired) electrons. The van der Waals surface area contributed by atoms with E-state index in [0.717, 1.165) is 16.6 Å². The van der Waals surface area contributed by atoms with Gasteiger partial charge in [-0.05, 0) is 37.8 Å². The zero-order valence-corrected chi connectivity index (χ0v) is 13.8. The molecule has 0 amide bonds. The lowest BCUT2D eigenvalue weighted by Crippen LogP contribution is -2.53. The predicted molar refractivity (Wildman–Crippen MR) is 86.7 cm³/mol. The number of pyridine rings is 1. The second kappa shape index (κ2) is 5.55. The van der Waals surface area contributed by atoms with Crippen molar-refractivity contribution < 1.29 is 17.9 Å². The van der Waals surface area contributed by atoms with Gasteiger partial charge in [0.2, 0.25) is 5.88 Å². The molecule has 4 rings (SSSR count). The molecule has 3 aromatic heterocycles. The zero-order valence-electron chi connectivity index (χ0n) is 13.8. The van der Waals surface area contributed by atoms with Crippen LogP contribution in [0.1, 0.15) is 24.8 Å². The second-order valence-electron chi connectivity index (χ2n) is 6.33. The van der Waals surface area contributed by atoms with Gasteiger partial charge in [0.1, 0.15) is 17.5 Å². The van der Waals surface area contributed by atoms with E-state index in [0.29, 0.717) is 6.42 Å². The fourth-order valence-electron chi connectivity index (χ4n) is 3.10. The molecule has 3 aromatic rings. The lowest BCUT2D eigenvalue weighted by atomic mass is 9.76. The normalized spacial score (nSPS) is 16.5. The van der Waals surface area contributed by atoms with Crippen LogP contribution >= 0.6 is 0 Å². The predicted octanol–water partition coefficient (Wildman–Crippen LogP) is 3.35. The average Bonchev–Trinajstić information content (AvgIpc) is 2.85. The molecule has 7 nitrogen and oxygen atoms in total. The molecule has 26 heavy (non-hydrogen) atoms. The van der Waals surface area contributed by atoms with Crippen LogP contribution in [0.3, 0.4) is 0 Å². The molecule has 0 unspecified atom stereocenters. The number of aromatic nitrogens is 5. The highest BCUT2D eigenvalue weighted by Crippen LogP contribution is 2.52. The molecule has 0 bridgehead atoms. The number of aryl methyl sites for hydroxylation is 1. The summed E-state index contributed by atoms with van der Waals surface area (Å²) >= 11 is 0. The quantitative estimate of drug-likeness (QED) is 0.766. The Balaban J connectivity index is 1.90. The first-order chi connectivity index (χ1) is 12.3. The van der Waals surface area contributed by atoms with Crippen molar-refractivity contribution in [3.8, 4) is 11.8 Å². The number of alkyl halides is 3. The number of anilines is 1. The largest absolute Gasteiger partial charge is 0.418 e. The number of nitrogens with two attached hydrogens (primary N) is 1. The van der Waals surface area contributed by atoms with Gasteiger partial charge in [-0.2, -0.15) is 13.2 Å². The summed E-state index contributed by atoms with van der Waals surface area (Å²) in [6, 6.07) is 3.42. The van der Waals surface area contributed by atoms with Gasteiger partial charge >= 0.3 is 6.18 Å². The minimum absolute atomic E-state index is 0.000510. The highest BCUT2D eigenvalue weighted by atomic mass is 19.4. The van der Waals surface area contributed by atoms with Crippen LogP contribution < -0.4 is 10.5 Å². The number of fused-ring (bicyclic) bond motifs is 1. The first-order valence-electron chi connectivity index (χ1n) is 7.99. The van der Waals surface area contributed by atoms with Crippen molar-refractivity contribution in [1.82, 2.24) is 24.7 Å². The van der Waals surface area contributed by atoms with Gasteiger partial charge in [-0.15, -0.1) is 5.10 Å². The zero-order chi connectivity index (χ0) is 18.5. The van der Waals surface area contributed by atoms with Crippen molar-refractivity contribution in [2.24, 2.45) is 0 Å². The van der Waals surface area contributed by atoms with E-state index < -0.39 is 11.7 Å². The van der Waals surface area contributed by atoms with Gasteiger partial charge in [0.25, 0.3) is 5.88 Å². The Labute approximate surface area is 146 Å². The smallest absolute Gasteiger partial charge is 0.413 e. The summed E-state index contributed by atoms with van der Waals surface area (Å²) in [5, 5.41) is 4.23. The minimum Gasteiger partial charge on any atom is -0.418 e. The van der Waals surface area contributed by atoms with E-state index >= 15 is 0 Å². The third-order valence-corrected chi connectivity index (χ3v) is 4.67. The molecule has 0 aliphatic heterocycles. The summed E-state index contributed by atoms with van der Waals surface area (Å²) in [4.78, 5) is 11.9. The molecule has 3 heterocycles. The maximum absolute atomic E-state index is 13.8. The molecule has 136 valence electrons. The monoisotopic (exact) mass is 364 g/mol. The van der Waals surface area contributed by atoms with Crippen molar-refractivity contribution in [3.05, 3.63) is 30.2 Å². The summed E-state index contributed by atoms with van der Waals surface area (Å²) in [7, 11) is 0. The number of nitrogen functional groups attached to an aromatic ring is 1. The third-order valence-electron chi connectivity index (χ3n) is 4.67. The van der Waals surface area contributed by atoms with E-state index in [2.05, 4.69) is 20.1 Å². The van der Waals surface area contributed by atoms with Crippen LogP contribution in [0, 0.1) is 6.92 Å². The molecular formula is C16H15F3N6O. The van der Waals surface area contributed by atoms with Gasteiger partial charge in [-0.25, -0.2) is 19.6 Å². The summed E-state index contributed by atoms with van der Waals surface area (Å²) < 4.78 is 47.8. The molecular weight excluding hydrogens is 349 g/mol. The highest BCUT2D eigenvalue weighted by Gasteiger charge is 2.61. The van der Waals surface area contributed by atoms with Gasteiger partial charge in [0.05, 0.1) is 0 Å². The Kier molecular flexibility index (Phi) is 3.53. The van der Waals surface area contributed by atoms with Gasteiger partial charge < -0.3 is 10.5 Å². The second-order valence-corrected chi connectivity index (χ2v) is 6.33. The first kappa shape index (κ1) is 16.6. The van der Waals surface area contributed by atoms with E-state index in [-0.39, 0.29) is 41.5 Å². The number of rotatable bonds is 3. The molecule has 1 aliphatic rings. The van der Waals surface area contributed by atoms with E-state index in [1.165, 1.54) is 6.20 Å². The summed E-state index contributed by atoms with van der Waals surface area (Å²) in [6.45, 7) is 1.84. The molecule has 0 saturated heterocycles. The maximum atomic E-state index is 13.8. The molecule has 1 fully saturated rings. The molecule has 1 saturated carbocycles. The molecule has 1 aliphatic carbocycles. The lowest BCUT2D eigenvalue weighted by Gasteiger charge is -2.42. The molecule has 2 N–H and O–H groups in total. The van der Waals surface area contributed by atoms with Crippen LogP contribution in [-0.2, 0) is 5.54 Å². The summed E-state index contributed by atoms with van der Waals surface area (Å²) in [6.07, 6.45) is -1.50. The van der Waals surface area contributed by atoms with Crippen LogP contribution in [-0.4, -0.2) is 30.9 Å². The average molecular weight is 364 g/mol. The number of halogens is 3. The van der Waals surface area contributed by atoms with Crippen molar-refractivity contribution in [3.63, 3.8) is 0 Å². The third kappa shape index (κ3) is 2.36. The Morgan fingerprint density at radius 1 is 1.23 bits per heavy atom. The van der Waals surface area contributed by atoms with E-state index in [1.807, 2.05) is 6.92 Å². The number of hydrogen-bond donors (Lipinski definition) is 1. The van der Waals surface area contributed by atoms with Crippen LogP contribution in [0.5, 0.6) is 11.8 Å². The number of nitrogens with zero attached hydrogens (tertiary/aromatic N) is 5. The van der Waals surface area contributed by atoms with Crippen LogP contribution in [0.2, 0.25) is 0 Å². The fourth-order valence-corrected chi connectivity index (χ4v) is 3.10. The molecule has 0 aromatic carbocycles. The summed E-state index contributed by atoms with van der Waals surface area (Å²) in [5.74, 6) is 0.113. The Morgan fingerprint density at radius 2 is 2.00 bits per heavy atom. The minimum atomic E-state index is -4.47. The number of ether oxygens (including phenoxy) is 1. The Hall–Kier alpha value is -2.91. The maximum Gasteiger partial charge on any atom is 0.413 e. The van der Waals surface area contributed by atoms with E-state index in [1.54, 1.807) is 12.1 Å². The van der Waals surface area contributed by atoms with Crippen LogP contribution in [0.25, 0.3) is 11.0 Å². The first-order valence-corrected chi connectivity index (χ1v) is 7.99. The van der Waals surface area contributed by atoms with E-state index in [9.17, 15) is 13.2 Å². The lowest BCUT2D eigenvalue weighted by molar-refractivity contribution is -0.242. The molecule has 0 atom stereocenters. The molecule has 0 spiro atoms. The Morgan fingerprint density at radius 3 is 2.62 bits per heavy atom. The topological polar surface area (TPSA) is 91.7 Å². The Bertz CT molecular complexity index is 980. The highest BCUT2D eigenvalue weighted by molar-refractivity contribution is 5.91. The van der Waals surface area contributed by atoms with Crippen molar-refractivity contribution in [2.45, 2.75) is 37.9 Å². The van der Waals surface area contributed by atoms with Gasteiger partial charge in [0, 0.05) is 12.3 Å². The fraction of sp³-hybridized carbons (Fsp3) is 0.375.